The number of imide groups is 1. The third-order valence-corrected chi connectivity index (χ3v) is 4.07. The Morgan fingerprint density at radius 2 is 1.43 bits per heavy atom. The van der Waals surface area contributed by atoms with E-state index in [0.29, 0.717) is 24.7 Å². The lowest BCUT2D eigenvalue weighted by atomic mass is 9.88. The minimum Gasteiger partial charge on any atom is -0.279 e. The quantitative estimate of drug-likeness (QED) is 0.544. The van der Waals surface area contributed by atoms with E-state index in [0.717, 1.165) is 12.8 Å². The smallest absolute Gasteiger partial charge is 0.229 e. The summed E-state index contributed by atoms with van der Waals surface area (Å²) in [6.07, 6.45) is 6.05. The summed E-state index contributed by atoms with van der Waals surface area (Å²) in [5.74, 6) is 1.16. The molecule has 0 spiro atoms. The van der Waals surface area contributed by atoms with Gasteiger partial charge in [-0.2, -0.15) is 0 Å². The van der Waals surface area contributed by atoms with Crippen molar-refractivity contribution >= 4 is 11.8 Å². The highest BCUT2D eigenvalue weighted by molar-refractivity contribution is 5.99. The van der Waals surface area contributed by atoms with E-state index in [-0.39, 0.29) is 17.9 Å². The van der Waals surface area contributed by atoms with Crippen LogP contribution >= 0.6 is 0 Å². The van der Waals surface area contributed by atoms with E-state index < -0.39 is 0 Å². The van der Waals surface area contributed by atoms with E-state index in [1.165, 1.54) is 12.8 Å². The van der Waals surface area contributed by atoms with Crippen molar-refractivity contribution in [1.29, 1.82) is 0 Å². The molecule has 0 radical (unpaired) electrons. The molecule has 2 amide bonds. The molecule has 0 bridgehead atoms. The Balaban J connectivity index is 1.97. The molecule has 3 aliphatic rings. The molecular weight excluding hydrogens is 178 g/mol. The molecule has 14 heavy (non-hydrogen) atoms. The van der Waals surface area contributed by atoms with E-state index in [2.05, 4.69) is 0 Å². The first-order chi connectivity index (χ1) is 6.77. The number of carbonyl (C=O) groups is 2. The molecule has 0 aromatic rings. The monoisotopic (exact) mass is 193 g/mol. The van der Waals surface area contributed by atoms with Gasteiger partial charge in [0.05, 0.1) is 0 Å². The van der Waals surface area contributed by atoms with Crippen molar-refractivity contribution in [2.75, 3.05) is 0 Å². The summed E-state index contributed by atoms with van der Waals surface area (Å²) in [5.41, 5.74) is 0. The maximum Gasteiger partial charge on any atom is 0.229 e. The molecule has 3 fully saturated rings. The zero-order valence-corrected chi connectivity index (χ0v) is 8.24. The number of amides is 2. The van der Waals surface area contributed by atoms with Gasteiger partial charge >= 0.3 is 0 Å². The lowest BCUT2D eigenvalue weighted by molar-refractivity contribution is -0.140. The average Bonchev–Trinajstić information content (AvgIpc) is 2.56. The predicted octanol–water partition coefficient (Wildman–Crippen LogP) is 1.32. The van der Waals surface area contributed by atoms with Gasteiger partial charge in [0.2, 0.25) is 11.8 Å². The minimum atomic E-state index is 0.0920. The topological polar surface area (TPSA) is 37.4 Å². The summed E-state index contributed by atoms with van der Waals surface area (Å²) < 4.78 is 0. The molecular formula is C11H15NO2. The average molecular weight is 193 g/mol. The Kier molecular flexibility index (Phi) is 1.70. The zero-order chi connectivity index (χ0) is 9.71. The van der Waals surface area contributed by atoms with Gasteiger partial charge in [-0.05, 0) is 24.7 Å². The summed E-state index contributed by atoms with van der Waals surface area (Å²) in [5, 5.41) is 0. The second-order valence-corrected chi connectivity index (χ2v) is 4.86. The Hall–Kier alpha value is -0.860. The first-order valence-corrected chi connectivity index (χ1v) is 5.62. The van der Waals surface area contributed by atoms with Gasteiger partial charge in [0.15, 0.2) is 0 Å². The normalized spacial score (nSPS) is 41.4. The van der Waals surface area contributed by atoms with Crippen LogP contribution in [0.1, 0.15) is 38.5 Å². The summed E-state index contributed by atoms with van der Waals surface area (Å²) in [6, 6.07) is 0.289. The molecule has 2 aliphatic heterocycles. The molecule has 3 rings (SSSR count). The molecule has 0 N–H and O–H groups in total. The van der Waals surface area contributed by atoms with Gasteiger partial charge in [-0.1, -0.05) is 12.8 Å². The van der Waals surface area contributed by atoms with Crippen molar-refractivity contribution in [3.8, 4) is 0 Å². The maximum absolute atomic E-state index is 11.6. The van der Waals surface area contributed by atoms with Crippen LogP contribution < -0.4 is 0 Å². The number of carbonyl (C=O) groups excluding carboxylic acids is 2. The molecule has 3 nitrogen and oxygen atoms in total. The molecule has 3 heteroatoms. The lowest BCUT2D eigenvalue weighted by Gasteiger charge is -2.21. The molecule has 76 valence electrons. The molecule has 2 saturated heterocycles. The third kappa shape index (κ3) is 0.983. The second kappa shape index (κ2) is 2.81. The molecule has 2 unspecified atom stereocenters. The molecule has 0 aromatic carbocycles. The molecule has 2 atom stereocenters. The van der Waals surface area contributed by atoms with E-state index in [1.807, 2.05) is 0 Å². The fourth-order valence-electron chi connectivity index (χ4n) is 3.52. The van der Waals surface area contributed by atoms with Gasteiger partial charge in [-0.3, -0.25) is 14.5 Å². The van der Waals surface area contributed by atoms with Gasteiger partial charge in [0, 0.05) is 18.9 Å². The van der Waals surface area contributed by atoms with Crippen molar-refractivity contribution in [1.82, 2.24) is 4.90 Å². The van der Waals surface area contributed by atoms with E-state index >= 15 is 0 Å². The Morgan fingerprint density at radius 3 is 1.93 bits per heavy atom. The van der Waals surface area contributed by atoms with Crippen LogP contribution in [-0.4, -0.2) is 22.8 Å². The second-order valence-electron chi connectivity index (χ2n) is 4.86. The highest BCUT2D eigenvalue weighted by atomic mass is 16.2. The van der Waals surface area contributed by atoms with Crippen LogP contribution in [0.25, 0.3) is 0 Å². The van der Waals surface area contributed by atoms with Gasteiger partial charge in [0.25, 0.3) is 0 Å². The van der Waals surface area contributed by atoms with Crippen molar-refractivity contribution < 1.29 is 9.59 Å². The highest BCUT2D eigenvalue weighted by Crippen LogP contribution is 2.44. The van der Waals surface area contributed by atoms with Crippen LogP contribution in [0.3, 0.4) is 0 Å². The van der Waals surface area contributed by atoms with Gasteiger partial charge in [-0.25, -0.2) is 0 Å². The zero-order valence-electron chi connectivity index (χ0n) is 8.24. The number of rotatable bonds is 0. The van der Waals surface area contributed by atoms with Crippen LogP contribution in [0.2, 0.25) is 0 Å². The summed E-state index contributed by atoms with van der Waals surface area (Å²) >= 11 is 0. The highest BCUT2D eigenvalue weighted by Gasteiger charge is 2.52. The molecule has 2 heterocycles. The van der Waals surface area contributed by atoms with Crippen LogP contribution in [-0.2, 0) is 9.59 Å². The Morgan fingerprint density at radius 1 is 0.929 bits per heavy atom. The first kappa shape index (κ1) is 8.45. The van der Waals surface area contributed by atoms with E-state index in [9.17, 15) is 9.59 Å². The molecule has 0 aromatic heterocycles. The molecule has 1 saturated carbocycles. The Bertz CT molecular complexity index is 272. The fraction of sp³-hybridized carbons (Fsp3) is 0.818. The van der Waals surface area contributed by atoms with Crippen LogP contribution in [0.15, 0.2) is 0 Å². The van der Waals surface area contributed by atoms with Gasteiger partial charge in [0.1, 0.15) is 0 Å². The van der Waals surface area contributed by atoms with Crippen LogP contribution in [0.4, 0.5) is 0 Å². The SMILES string of the molecule is O=C1CC2CCCCC3CC(=O)N1C23. The van der Waals surface area contributed by atoms with Crippen molar-refractivity contribution in [2.45, 2.75) is 44.6 Å². The standard InChI is InChI=1S/C11H15NO2/c13-9-5-7-3-1-2-4-8-6-10(14)12(9)11(7)8/h7-8,11H,1-6H2. The van der Waals surface area contributed by atoms with E-state index in [1.54, 1.807) is 4.90 Å². The van der Waals surface area contributed by atoms with Gasteiger partial charge in [-0.15, -0.1) is 0 Å². The van der Waals surface area contributed by atoms with Crippen molar-refractivity contribution in [3.63, 3.8) is 0 Å². The first-order valence-electron chi connectivity index (χ1n) is 5.62. The van der Waals surface area contributed by atoms with Crippen molar-refractivity contribution in [2.24, 2.45) is 11.8 Å². The van der Waals surface area contributed by atoms with Crippen LogP contribution in [0, 0.1) is 11.8 Å². The van der Waals surface area contributed by atoms with Gasteiger partial charge < -0.3 is 0 Å². The fourth-order valence-corrected chi connectivity index (χ4v) is 3.52. The Labute approximate surface area is 83.5 Å². The minimum absolute atomic E-state index is 0.0920. The third-order valence-electron chi connectivity index (χ3n) is 4.07. The lowest BCUT2D eigenvalue weighted by Crippen LogP contribution is -2.34. The number of hydrogen-bond acceptors (Lipinski definition) is 2. The summed E-state index contributed by atoms with van der Waals surface area (Å²) in [4.78, 5) is 24.8. The maximum atomic E-state index is 11.6. The molecule has 1 aliphatic carbocycles. The van der Waals surface area contributed by atoms with Crippen molar-refractivity contribution in [3.05, 3.63) is 0 Å². The summed E-state index contributed by atoms with van der Waals surface area (Å²) in [7, 11) is 0. The van der Waals surface area contributed by atoms with Crippen LogP contribution in [0.5, 0.6) is 0 Å². The summed E-state index contributed by atoms with van der Waals surface area (Å²) in [6.45, 7) is 0. The number of nitrogens with zero attached hydrogens (tertiary/aromatic N) is 1. The van der Waals surface area contributed by atoms with E-state index in [4.69, 9.17) is 0 Å². The number of hydrogen-bond donors (Lipinski definition) is 0. The largest absolute Gasteiger partial charge is 0.279 e. The predicted molar refractivity (Wildman–Crippen MR) is 50.3 cm³/mol.